The van der Waals surface area contributed by atoms with E-state index in [9.17, 15) is 4.79 Å². The first-order valence-corrected chi connectivity index (χ1v) is 10.8. The highest BCUT2D eigenvalue weighted by Gasteiger charge is 2.46. The number of pyridine rings is 1. The van der Waals surface area contributed by atoms with E-state index in [-0.39, 0.29) is 12.0 Å². The van der Waals surface area contributed by atoms with Crippen LogP contribution in [0.15, 0.2) is 42.5 Å². The van der Waals surface area contributed by atoms with E-state index in [4.69, 9.17) is 14.2 Å². The monoisotopic (exact) mass is 408 g/mol. The van der Waals surface area contributed by atoms with Gasteiger partial charge in [0.1, 0.15) is 5.75 Å². The summed E-state index contributed by atoms with van der Waals surface area (Å²) in [7, 11) is 0. The topological polar surface area (TPSA) is 60.9 Å². The summed E-state index contributed by atoms with van der Waals surface area (Å²) in [6.07, 6.45) is 1.35. The molecule has 1 aromatic heterocycles. The molecule has 1 unspecified atom stereocenters. The van der Waals surface area contributed by atoms with E-state index < -0.39 is 6.10 Å². The number of hydrogen-bond acceptors (Lipinski definition) is 5. The summed E-state index contributed by atoms with van der Waals surface area (Å²) in [4.78, 5) is 19.4. The van der Waals surface area contributed by atoms with Gasteiger partial charge in [0, 0.05) is 37.7 Å². The molecule has 0 saturated carbocycles. The molecule has 158 valence electrons. The molecule has 2 fully saturated rings. The van der Waals surface area contributed by atoms with Gasteiger partial charge >= 0.3 is 0 Å². The molecule has 30 heavy (non-hydrogen) atoms. The molecule has 4 atom stereocenters. The van der Waals surface area contributed by atoms with Crippen LogP contribution in [0.4, 0.5) is 0 Å². The molecular formula is C24H28N2O4. The number of hydrogen-bond donors (Lipinski definition) is 0. The van der Waals surface area contributed by atoms with Crippen molar-refractivity contribution < 1.29 is 19.0 Å². The minimum absolute atomic E-state index is 0.0877. The van der Waals surface area contributed by atoms with Crippen molar-refractivity contribution in [2.75, 3.05) is 26.3 Å². The van der Waals surface area contributed by atoms with E-state index in [1.807, 2.05) is 54.3 Å². The number of aryl methyl sites for hydroxylation is 1. The first-order valence-electron chi connectivity index (χ1n) is 10.8. The second-order valence-electron chi connectivity index (χ2n) is 8.57. The smallest absolute Gasteiger partial charge is 0.264 e. The van der Waals surface area contributed by atoms with Crippen LogP contribution in [0, 0.1) is 18.8 Å². The number of carbonyl (C=O) groups excluding carboxylic acids is 1. The van der Waals surface area contributed by atoms with Gasteiger partial charge in [-0.3, -0.25) is 9.78 Å². The molecule has 0 aliphatic carbocycles. The van der Waals surface area contributed by atoms with Crippen molar-refractivity contribution in [3.63, 3.8) is 0 Å². The van der Waals surface area contributed by atoms with Crippen LogP contribution in [0.1, 0.15) is 23.4 Å². The van der Waals surface area contributed by atoms with E-state index in [1.165, 1.54) is 0 Å². The van der Waals surface area contributed by atoms with Gasteiger partial charge in [0.05, 0.1) is 25.0 Å². The minimum atomic E-state index is -0.398. The molecule has 0 bridgehead atoms. The molecule has 3 aliphatic rings. The molecule has 1 aromatic carbocycles. The Morgan fingerprint density at radius 1 is 1.20 bits per heavy atom. The summed E-state index contributed by atoms with van der Waals surface area (Å²) in [5.74, 6) is 1.74. The summed E-state index contributed by atoms with van der Waals surface area (Å²) in [5.41, 5.74) is 3.09. The third-order valence-corrected chi connectivity index (χ3v) is 6.50. The number of amides is 1. The number of aromatic nitrogens is 1. The molecule has 4 heterocycles. The number of fused-ring (bicyclic) bond motifs is 2. The highest BCUT2D eigenvalue weighted by molar-refractivity contribution is 5.83. The van der Waals surface area contributed by atoms with Crippen molar-refractivity contribution in [2.45, 2.75) is 38.6 Å². The molecule has 0 N–H and O–H groups in total. The second kappa shape index (κ2) is 8.36. The first-order chi connectivity index (χ1) is 14.7. The zero-order chi connectivity index (χ0) is 20.5. The van der Waals surface area contributed by atoms with Gasteiger partial charge < -0.3 is 19.1 Å². The van der Waals surface area contributed by atoms with Gasteiger partial charge in [-0.1, -0.05) is 24.3 Å². The summed E-state index contributed by atoms with van der Waals surface area (Å²) in [6.45, 7) is 5.39. The van der Waals surface area contributed by atoms with Gasteiger partial charge in [0.25, 0.3) is 5.91 Å². The van der Waals surface area contributed by atoms with Crippen LogP contribution in [0.25, 0.3) is 0 Å². The zero-order valence-corrected chi connectivity index (χ0v) is 17.3. The molecule has 2 saturated heterocycles. The Bertz CT molecular complexity index is 893. The van der Waals surface area contributed by atoms with Crippen LogP contribution in [-0.4, -0.2) is 54.3 Å². The molecule has 6 heteroatoms. The maximum absolute atomic E-state index is 13.0. The maximum Gasteiger partial charge on any atom is 0.264 e. The molecule has 0 radical (unpaired) electrons. The Morgan fingerprint density at radius 2 is 2.10 bits per heavy atom. The summed E-state index contributed by atoms with van der Waals surface area (Å²) in [5, 5.41) is 0. The van der Waals surface area contributed by atoms with Gasteiger partial charge in [-0.05, 0) is 43.0 Å². The predicted molar refractivity (Wildman–Crippen MR) is 111 cm³/mol. The van der Waals surface area contributed by atoms with Crippen molar-refractivity contribution in [3.8, 4) is 5.75 Å². The van der Waals surface area contributed by atoms with Gasteiger partial charge in [-0.2, -0.15) is 0 Å². The molecule has 6 nitrogen and oxygen atoms in total. The summed E-state index contributed by atoms with van der Waals surface area (Å²) < 4.78 is 17.8. The van der Waals surface area contributed by atoms with E-state index in [0.29, 0.717) is 38.0 Å². The molecule has 5 rings (SSSR count). The highest BCUT2D eigenvalue weighted by Crippen LogP contribution is 2.37. The number of likely N-dealkylation sites (tertiary alicyclic amines) is 1. The van der Waals surface area contributed by atoms with Crippen molar-refractivity contribution in [1.82, 2.24) is 9.88 Å². The fourth-order valence-corrected chi connectivity index (χ4v) is 4.89. The second-order valence-corrected chi connectivity index (χ2v) is 8.57. The summed E-state index contributed by atoms with van der Waals surface area (Å²) >= 11 is 0. The van der Waals surface area contributed by atoms with E-state index in [1.54, 1.807) is 0 Å². The lowest BCUT2D eigenvalue weighted by Crippen LogP contribution is -2.41. The lowest BCUT2D eigenvalue weighted by molar-refractivity contribution is -0.137. The third-order valence-electron chi connectivity index (χ3n) is 6.50. The number of carbonyl (C=O) groups is 1. The summed E-state index contributed by atoms with van der Waals surface area (Å²) in [6, 6.07) is 13.9. The number of rotatable bonds is 6. The van der Waals surface area contributed by atoms with Crippen LogP contribution in [-0.2, 0) is 27.3 Å². The van der Waals surface area contributed by atoms with E-state index >= 15 is 0 Å². The van der Waals surface area contributed by atoms with E-state index in [2.05, 4.69) is 4.98 Å². The van der Waals surface area contributed by atoms with Crippen LogP contribution in [0.2, 0.25) is 0 Å². The van der Waals surface area contributed by atoms with Gasteiger partial charge in [-0.25, -0.2) is 0 Å². The van der Waals surface area contributed by atoms with Crippen LogP contribution < -0.4 is 4.74 Å². The predicted octanol–water partition coefficient (Wildman–Crippen LogP) is 2.77. The Hall–Kier alpha value is -2.44. The Morgan fingerprint density at radius 3 is 2.97 bits per heavy atom. The van der Waals surface area contributed by atoms with Crippen molar-refractivity contribution in [2.24, 2.45) is 11.8 Å². The SMILES string of the molecule is Cc1cccc(COCC[C@H]2CO[C@H]3CN(C(=O)C4Cc5ccccc5O4)C[C@@H]23)n1. The lowest BCUT2D eigenvalue weighted by atomic mass is 9.91. The average Bonchev–Trinajstić information content (AvgIpc) is 3.45. The third kappa shape index (κ3) is 3.94. The van der Waals surface area contributed by atoms with E-state index in [0.717, 1.165) is 42.3 Å². The fourth-order valence-electron chi connectivity index (χ4n) is 4.89. The Kier molecular flexibility index (Phi) is 5.44. The quantitative estimate of drug-likeness (QED) is 0.688. The van der Waals surface area contributed by atoms with Gasteiger partial charge in [0.2, 0.25) is 0 Å². The highest BCUT2D eigenvalue weighted by atomic mass is 16.5. The standard InChI is InChI=1S/C24H28N2O4/c1-16-5-4-7-19(25-16)15-28-10-9-18-14-29-23-13-26(12-20(18)23)24(27)22-11-17-6-2-3-8-21(17)30-22/h2-8,18,20,22-23H,9-15H2,1H3/t18-,20-,22?,23-/m0/s1. The number of nitrogens with zero attached hydrogens (tertiary/aromatic N) is 2. The lowest BCUT2D eigenvalue weighted by Gasteiger charge is -2.22. The molecule has 2 aromatic rings. The van der Waals surface area contributed by atoms with Gasteiger partial charge in [0.15, 0.2) is 6.10 Å². The van der Waals surface area contributed by atoms with Gasteiger partial charge in [-0.15, -0.1) is 0 Å². The normalized spacial score (nSPS) is 27.0. The number of ether oxygens (including phenoxy) is 3. The molecular weight excluding hydrogens is 380 g/mol. The van der Waals surface area contributed by atoms with Crippen LogP contribution in [0.3, 0.4) is 0 Å². The van der Waals surface area contributed by atoms with Crippen molar-refractivity contribution in [1.29, 1.82) is 0 Å². The van der Waals surface area contributed by atoms with Crippen molar-refractivity contribution in [3.05, 3.63) is 59.4 Å². The zero-order valence-electron chi connectivity index (χ0n) is 17.3. The Labute approximate surface area is 177 Å². The molecule has 1 amide bonds. The maximum atomic E-state index is 13.0. The first kappa shape index (κ1) is 19.5. The number of para-hydroxylation sites is 1. The van der Waals surface area contributed by atoms with Crippen LogP contribution in [0.5, 0.6) is 5.75 Å². The fraction of sp³-hybridized carbons (Fsp3) is 0.500. The molecule has 3 aliphatic heterocycles. The molecule has 0 spiro atoms. The largest absolute Gasteiger partial charge is 0.480 e. The Balaban J connectivity index is 1.10. The number of benzene rings is 1. The van der Waals surface area contributed by atoms with Crippen molar-refractivity contribution >= 4 is 5.91 Å². The minimum Gasteiger partial charge on any atom is -0.480 e. The van der Waals surface area contributed by atoms with Crippen LogP contribution >= 0.6 is 0 Å². The average molecular weight is 408 g/mol.